The summed E-state index contributed by atoms with van der Waals surface area (Å²) in [7, 11) is 0. The van der Waals surface area contributed by atoms with Crippen LogP contribution in [0, 0.1) is 0 Å². The van der Waals surface area contributed by atoms with Gasteiger partial charge in [-0.15, -0.1) is 0 Å². The summed E-state index contributed by atoms with van der Waals surface area (Å²) in [5, 5.41) is 12.9. The molecule has 0 radical (unpaired) electrons. The molecule has 1 heterocycles. The van der Waals surface area contributed by atoms with Crippen LogP contribution in [0.4, 0.5) is 0 Å². The van der Waals surface area contributed by atoms with E-state index >= 15 is 0 Å². The first-order chi connectivity index (χ1) is 10.2. The van der Waals surface area contributed by atoms with Crippen molar-refractivity contribution >= 4 is 5.91 Å². The molecule has 110 valence electrons. The van der Waals surface area contributed by atoms with Crippen molar-refractivity contribution in [3.05, 3.63) is 53.0 Å². The second-order valence-electron chi connectivity index (χ2n) is 5.43. The summed E-state index contributed by atoms with van der Waals surface area (Å²) in [5.41, 5.74) is 2.73. The largest absolute Gasteiger partial charge is 0.507 e. The maximum atomic E-state index is 12.2. The summed E-state index contributed by atoms with van der Waals surface area (Å²) >= 11 is 0. The Kier molecular flexibility index (Phi) is 3.95. The van der Waals surface area contributed by atoms with Crippen LogP contribution in [0.15, 0.2) is 34.9 Å². The summed E-state index contributed by atoms with van der Waals surface area (Å²) in [6.45, 7) is 0.489. The van der Waals surface area contributed by atoms with Crippen molar-refractivity contribution in [3.8, 4) is 5.75 Å². The predicted molar refractivity (Wildman–Crippen MR) is 79.5 cm³/mol. The minimum absolute atomic E-state index is 0.0751. The van der Waals surface area contributed by atoms with Gasteiger partial charge in [-0.25, -0.2) is 0 Å². The van der Waals surface area contributed by atoms with E-state index < -0.39 is 0 Å². The van der Waals surface area contributed by atoms with Crippen molar-refractivity contribution in [1.82, 2.24) is 5.32 Å². The van der Waals surface area contributed by atoms with E-state index in [0.717, 1.165) is 31.4 Å². The van der Waals surface area contributed by atoms with Crippen LogP contribution in [0.3, 0.4) is 0 Å². The van der Waals surface area contributed by atoms with Crippen molar-refractivity contribution in [2.24, 2.45) is 0 Å². The Morgan fingerprint density at radius 2 is 2.00 bits per heavy atom. The van der Waals surface area contributed by atoms with Crippen LogP contribution in [0.2, 0.25) is 0 Å². The molecule has 1 amide bonds. The maximum Gasteiger partial charge on any atom is 0.255 e. The number of benzene rings is 1. The van der Waals surface area contributed by atoms with Crippen LogP contribution in [-0.2, 0) is 19.3 Å². The lowest BCUT2D eigenvalue weighted by Crippen LogP contribution is -2.26. The fourth-order valence-electron chi connectivity index (χ4n) is 2.80. The minimum atomic E-state index is -0.229. The summed E-state index contributed by atoms with van der Waals surface area (Å²) < 4.78 is 5.22. The molecule has 4 nitrogen and oxygen atoms in total. The van der Waals surface area contributed by atoms with E-state index in [4.69, 9.17) is 4.42 Å². The van der Waals surface area contributed by atoms with E-state index in [-0.39, 0.29) is 11.7 Å². The molecule has 1 aliphatic rings. The molecule has 0 spiro atoms. The van der Waals surface area contributed by atoms with Crippen LogP contribution in [0.1, 0.15) is 40.1 Å². The van der Waals surface area contributed by atoms with Gasteiger partial charge in [-0.1, -0.05) is 0 Å². The van der Waals surface area contributed by atoms with Gasteiger partial charge in [-0.2, -0.15) is 0 Å². The molecular weight excluding hydrogens is 266 g/mol. The lowest BCUT2D eigenvalue weighted by Gasteiger charge is -2.17. The zero-order valence-electron chi connectivity index (χ0n) is 11.9. The highest BCUT2D eigenvalue weighted by Crippen LogP contribution is 2.28. The van der Waals surface area contributed by atoms with Crippen LogP contribution < -0.4 is 5.32 Å². The van der Waals surface area contributed by atoms with Crippen LogP contribution in [-0.4, -0.2) is 17.6 Å². The Morgan fingerprint density at radius 3 is 2.71 bits per heavy atom. The van der Waals surface area contributed by atoms with Gasteiger partial charge in [-0.3, -0.25) is 4.79 Å². The molecule has 2 aromatic rings. The Labute approximate surface area is 123 Å². The van der Waals surface area contributed by atoms with Gasteiger partial charge in [-0.05, 0) is 61.1 Å². The van der Waals surface area contributed by atoms with Crippen molar-refractivity contribution in [3.63, 3.8) is 0 Å². The average Bonchev–Trinajstić information content (AvgIpc) is 2.99. The molecule has 0 saturated carbocycles. The SMILES string of the molecule is O=C(NCCc1ccco1)c1cc2c(cc1O)CCCC2. The average molecular weight is 285 g/mol. The molecule has 1 aliphatic carbocycles. The van der Waals surface area contributed by atoms with Crippen LogP contribution in [0.25, 0.3) is 0 Å². The molecule has 4 heteroatoms. The number of carbonyl (C=O) groups excluding carboxylic acids is 1. The van der Waals surface area contributed by atoms with E-state index in [2.05, 4.69) is 5.32 Å². The van der Waals surface area contributed by atoms with Gasteiger partial charge in [0.25, 0.3) is 5.91 Å². The number of phenols is 1. The lowest BCUT2D eigenvalue weighted by molar-refractivity contribution is 0.0951. The fourth-order valence-corrected chi connectivity index (χ4v) is 2.80. The monoisotopic (exact) mass is 285 g/mol. The van der Waals surface area contributed by atoms with Gasteiger partial charge in [0.2, 0.25) is 0 Å². The second-order valence-corrected chi connectivity index (χ2v) is 5.43. The van der Waals surface area contributed by atoms with E-state index in [1.807, 2.05) is 18.2 Å². The number of nitrogens with one attached hydrogen (secondary N) is 1. The summed E-state index contributed by atoms with van der Waals surface area (Å²) in [6.07, 6.45) is 6.54. The third-order valence-electron chi connectivity index (χ3n) is 3.94. The van der Waals surface area contributed by atoms with Gasteiger partial charge in [0, 0.05) is 13.0 Å². The fraction of sp³-hybridized carbons (Fsp3) is 0.353. The van der Waals surface area contributed by atoms with Gasteiger partial charge in [0.15, 0.2) is 0 Å². The van der Waals surface area contributed by atoms with E-state index in [1.54, 1.807) is 12.3 Å². The first-order valence-electron chi connectivity index (χ1n) is 7.39. The molecule has 1 aromatic heterocycles. The third-order valence-corrected chi connectivity index (χ3v) is 3.94. The quantitative estimate of drug-likeness (QED) is 0.908. The number of fused-ring (bicyclic) bond motifs is 1. The lowest BCUT2D eigenvalue weighted by atomic mass is 9.90. The Hall–Kier alpha value is -2.23. The number of carbonyl (C=O) groups is 1. The van der Waals surface area contributed by atoms with Gasteiger partial charge in [0.05, 0.1) is 11.8 Å². The van der Waals surface area contributed by atoms with Crippen molar-refractivity contribution < 1.29 is 14.3 Å². The number of hydrogen-bond acceptors (Lipinski definition) is 3. The minimum Gasteiger partial charge on any atom is -0.507 e. The van der Waals surface area contributed by atoms with E-state index in [9.17, 15) is 9.90 Å². The third kappa shape index (κ3) is 3.10. The van der Waals surface area contributed by atoms with Gasteiger partial charge in [0.1, 0.15) is 11.5 Å². The number of aromatic hydroxyl groups is 1. The molecule has 3 rings (SSSR count). The number of amides is 1. The topological polar surface area (TPSA) is 62.5 Å². The highest BCUT2D eigenvalue weighted by Gasteiger charge is 2.17. The molecule has 1 aromatic carbocycles. The molecule has 0 aliphatic heterocycles. The second kappa shape index (κ2) is 6.04. The summed E-state index contributed by atoms with van der Waals surface area (Å²) in [4.78, 5) is 12.2. The number of rotatable bonds is 4. The van der Waals surface area contributed by atoms with Gasteiger partial charge < -0.3 is 14.8 Å². The van der Waals surface area contributed by atoms with Crippen LogP contribution in [0.5, 0.6) is 5.75 Å². The number of aryl methyl sites for hydroxylation is 2. The zero-order chi connectivity index (χ0) is 14.7. The molecule has 0 bridgehead atoms. The first-order valence-corrected chi connectivity index (χ1v) is 7.39. The van der Waals surface area contributed by atoms with Crippen molar-refractivity contribution in [2.45, 2.75) is 32.1 Å². The van der Waals surface area contributed by atoms with E-state index in [1.165, 1.54) is 11.1 Å². The molecular formula is C17H19NO3. The summed E-state index contributed by atoms with van der Waals surface area (Å²) in [6, 6.07) is 7.29. The summed E-state index contributed by atoms with van der Waals surface area (Å²) in [5.74, 6) is 0.684. The van der Waals surface area contributed by atoms with Crippen molar-refractivity contribution in [2.75, 3.05) is 6.54 Å². The molecule has 0 fully saturated rings. The predicted octanol–water partition coefficient (Wildman–Crippen LogP) is 2.84. The number of hydrogen-bond donors (Lipinski definition) is 2. The maximum absolute atomic E-state index is 12.2. The van der Waals surface area contributed by atoms with Crippen LogP contribution >= 0.6 is 0 Å². The van der Waals surface area contributed by atoms with Crippen molar-refractivity contribution in [1.29, 1.82) is 0 Å². The standard InChI is InChI=1S/C17H19NO3/c19-16-11-13-5-2-1-4-12(13)10-15(16)17(20)18-8-7-14-6-3-9-21-14/h3,6,9-11,19H,1-2,4-5,7-8H2,(H,18,20). The molecule has 0 atom stereocenters. The highest BCUT2D eigenvalue weighted by atomic mass is 16.3. The number of furan rings is 1. The smallest absolute Gasteiger partial charge is 0.255 e. The Morgan fingerprint density at radius 1 is 1.24 bits per heavy atom. The molecule has 21 heavy (non-hydrogen) atoms. The Balaban J connectivity index is 1.66. The normalized spacial score (nSPS) is 13.7. The van der Waals surface area contributed by atoms with E-state index in [0.29, 0.717) is 18.5 Å². The highest BCUT2D eigenvalue weighted by molar-refractivity contribution is 5.97. The van der Waals surface area contributed by atoms with Gasteiger partial charge >= 0.3 is 0 Å². The first kappa shape index (κ1) is 13.7. The Bertz CT molecular complexity index is 632. The molecule has 0 saturated heterocycles. The molecule has 0 unspecified atom stereocenters. The number of phenolic OH excluding ortho intramolecular Hbond substituents is 1. The zero-order valence-corrected chi connectivity index (χ0v) is 11.9. The molecule has 2 N–H and O–H groups in total.